The van der Waals surface area contributed by atoms with Gasteiger partial charge in [0.25, 0.3) is 5.91 Å². The summed E-state index contributed by atoms with van der Waals surface area (Å²) in [6.07, 6.45) is 0.979. The third-order valence-corrected chi connectivity index (χ3v) is 3.90. The molecule has 0 bridgehead atoms. The number of rotatable bonds is 5. The molecule has 1 aliphatic heterocycles. The Balaban J connectivity index is 1.50. The first kappa shape index (κ1) is 16.7. The quantitative estimate of drug-likeness (QED) is 0.817. The van der Waals surface area contributed by atoms with Crippen molar-refractivity contribution in [3.8, 4) is 0 Å². The minimum atomic E-state index is -0.561. The van der Waals surface area contributed by atoms with Gasteiger partial charge in [0.15, 0.2) is 6.61 Å². The summed E-state index contributed by atoms with van der Waals surface area (Å²) >= 11 is 0. The van der Waals surface area contributed by atoms with E-state index in [1.54, 1.807) is 18.2 Å². The molecule has 128 valence electrons. The molecule has 0 saturated heterocycles. The SMILES string of the molecule is O=C(COC(=O)c1ccc2c(c1)CCC(=O)N2)NCc1ccccc1. The standard InChI is InChI=1S/C19H18N2O4/c22-17-9-7-14-10-15(6-8-16(14)21-17)19(24)25-12-18(23)20-11-13-4-2-1-3-5-13/h1-6,8,10H,7,9,11-12H2,(H,20,23)(H,21,22). The fourth-order valence-electron chi connectivity index (χ4n) is 2.57. The molecule has 0 aromatic heterocycles. The van der Waals surface area contributed by atoms with E-state index in [9.17, 15) is 14.4 Å². The van der Waals surface area contributed by atoms with E-state index in [1.165, 1.54) is 0 Å². The summed E-state index contributed by atoms with van der Waals surface area (Å²) in [6, 6.07) is 14.4. The molecular weight excluding hydrogens is 320 g/mol. The Morgan fingerprint density at radius 1 is 1.08 bits per heavy atom. The Bertz CT molecular complexity index is 802. The van der Waals surface area contributed by atoms with Crippen molar-refractivity contribution in [1.29, 1.82) is 0 Å². The van der Waals surface area contributed by atoms with Crippen LogP contribution in [0.1, 0.15) is 27.9 Å². The van der Waals surface area contributed by atoms with Gasteiger partial charge >= 0.3 is 5.97 Å². The average molecular weight is 338 g/mol. The minimum Gasteiger partial charge on any atom is -0.452 e. The van der Waals surface area contributed by atoms with Gasteiger partial charge < -0.3 is 15.4 Å². The lowest BCUT2D eigenvalue weighted by atomic mass is 10.0. The van der Waals surface area contributed by atoms with Crippen LogP contribution >= 0.6 is 0 Å². The number of fused-ring (bicyclic) bond motifs is 1. The van der Waals surface area contributed by atoms with Gasteiger partial charge in [-0.3, -0.25) is 9.59 Å². The molecule has 2 aromatic rings. The normalized spacial score (nSPS) is 12.7. The molecule has 6 nitrogen and oxygen atoms in total. The van der Waals surface area contributed by atoms with Gasteiger partial charge in [-0.15, -0.1) is 0 Å². The number of ether oxygens (including phenoxy) is 1. The van der Waals surface area contributed by atoms with Gasteiger partial charge in [0, 0.05) is 18.7 Å². The van der Waals surface area contributed by atoms with E-state index < -0.39 is 5.97 Å². The fraction of sp³-hybridized carbons (Fsp3) is 0.211. The van der Waals surface area contributed by atoms with Crippen molar-refractivity contribution < 1.29 is 19.1 Å². The largest absolute Gasteiger partial charge is 0.452 e. The summed E-state index contributed by atoms with van der Waals surface area (Å²) in [7, 11) is 0. The first-order valence-corrected chi connectivity index (χ1v) is 8.02. The summed E-state index contributed by atoms with van der Waals surface area (Å²) in [5.41, 5.74) is 2.95. The third-order valence-electron chi connectivity index (χ3n) is 3.90. The molecule has 2 amide bonds. The maximum Gasteiger partial charge on any atom is 0.338 e. The highest BCUT2D eigenvalue weighted by Gasteiger charge is 2.17. The van der Waals surface area contributed by atoms with Gasteiger partial charge in [-0.1, -0.05) is 30.3 Å². The van der Waals surface area contributed by atoms with E-state index >= 15 is 0 Å². The van der Waals surface area contributed by atoms with Crippen LogP contribution in [0.5, 0.6) is 0 Å². The Morgan fingerprint density at radius 2 is 1.88 bits per heavy atom. The molecule has 0 saturated carbocycles. The number of esters is 1. The summed E-state index contributed by atoms with van der Waals surface area (Å²) in [4.78, 5) is 35.2. The van der Waals surface area contributed by atoms with Crippen LogP contribution < -0.4 is 10.6 Å². The summed E-state index contributed by atoms with van der Waals surface area (Å²) in [5.74, 6) is -0.949. The van der Waals surface area contributed by atoms with E-state index in [4.69, 9.17) is 4.74 Å². The number of benzene rings is 2. The van der Waals surface area contributed by atoms with Gasteiger partial charge in [0.05, 0.1) is 5.56 Å². The maximum atomic E-state index is 12.1. The molecule has 0 fully saturated rings. The zero-order valence-corrected chi connectivity index (χ0v) is 13.6. The van der Waals surface area contributed by atoms with Gasteiger partial charge in [-0.05, 0) is 35.7 Å². The number of amides is 2. The van der Waals surface area contributed by atoms with Gasteiger partial charge in [0.2, 0.25) is 5.91 Å². The molecule has 3 rings (SSSR count). The Labute approximate surface area is 145 Å². The molecule has 0 spiro atoms. The predicted molar refractivity (Wildman–Crippen MR) is 92.0 cm³/mol. The Hall–Kier alpha value is -3.15. The van der Waals surface area contributed by atoms with Crippen LogP contribution in [-0.2, 0) is 27.3 Å². The van der Waals surface area contributed by atoms with Crippen LogP contribution in [0.15, 0.2) is 48.5 Å². The maximum absolute atomic E-state index is 12.1. The smallest absolute Gasteiger partial charge is 0.338 e. The number of anilines is 1. The molecule has 2 N–H and O–H groups in total. The van der Waals surface area contributed by atoms with Crippen LogP contribution in [0.2, 0.25) is 0 Å². The van der Waals surface area contributed by atoms with Crippen LogP contribution in [0.4, 0.5) is 5.69 Å². The van der Waals surface area contributed by atoms with Crippen molar-refractivity contribution in [2.75, 3.05) is 11.9 Å². The number of carbonyl (C=O) groups excluding carboxylic acids is 3. The molecule has 0 radical (unpaired) electrons. The third kappa shape index (κ3) is 4.44. The van der Waals surface area contributed by atoms with Crippen molar-refractivity contribution >= 4 is 23.5 Å². The number of carbonyl (C=O) groups is 3. The molecule has 2 aromatic carbocycles. The van der Waals surface area contributed by atoms with E-state index in [-0.39, 0.29) is 18.4 Å². The summed E-state index contributed by atoms with van der Waals surface area (Å²) in [6.45, 7) is 0.0508. The zero-order valence-electron chi connectivity index (χ0n) is 13.6. The molecular formula is C19H18N2O4. The molecule has 0 unspecified atom stereocenters. The monoisotopic (exact) mass is 338 g/mol. The second kappa shape index (κ2) is 7.61. The topological polar surface area (TPSA) is 84.5 Å². The van der Waals surface area contributed by atoms with Crippen LogP contribution in [0.25, 0.3) is 0 Å². The highest BCUT2D eigenvalue weighted by Crippen LogP contribution is 2.23. The van der Waals surface area contributed by atoms with Crippen molar-refractivity contribution in [3.63, 3.8) is 0 Å². The Morgan fingerprint density at radius 3 is 2.68 bits per heavy atom. The van der Waals surface area contributed by atoms with Crippen molar-refractivity contribution in [1.82, 2.24) is 5.32 Å². The van der Waals surface area contributed by atoms with Crippen molar-refractivity contribution in [2.24, 2.45) is 0 Å². The molecule has 6 heteroatoms. The van der Waals surface area contributed by atoms with Crippen LogP contribution in [-0.4, -0.2) is 24.4 Å². The first-order chi connectivity index (χ1) is 12.1. The van der Waals surface area contributed by atoms with Crippen molar-refractivity contribution in [3.05, 3.63) is 65.2 Å². The molecule has 0 atom stereocenters. The van der Waals surface area contributed by atoms with E-state index in [0.717, 1.165) is 11.1 Å². The second-order valence-electron chi connectivity index (χ2n) is 5.76. The van der Waals surface area contributed by atoms with E-state index in [0.29, 0.717) is 30.6 Å². The van der Waals surface area contributed by atoms with Crippen LogP contribution in [0.3, 0.4) is 0 Å². The Kier molecular flexibility index (Phi) is 5.09. The van der Waals surface area contributed by atoms with Crippen molar-refractivity contribution in [2.45, 2.75) is 19.4 Å². The number of hydrogen-bond donors (Lipinski definition) is 2. The molecule has 0 aliphatic carbocycles. The second-order valence-corrected chi connectivity index (χ2v) is 5.76. The number of nitrogens with one attached hydrogen (secondary N) is 2. The minimum absolute atomic E-state index is 0.0297. The fourth-order valence-corrected chi connectivity index (χ4v) is 2.57. The predicted octanol–water partition coefficient (Wildman–Crippen LogP) is 2.04. The summed E-state index contributed by atoms with van der Waals surface area (Å²) in [5, 5.41) is 5.45. The molecule has 25 heavy (non-hydrogen) atoms. The zero-order chi connectivity index (χ0) is 17.6. The lowest BCUT2D eigenvalue weighted by Gasteiger charge is -2.17. The first-order valence-electron chi connectivity index (χ1n) is 8.02. The highest BCUT2D eigenvalue weighted by molar-refractivity contribution is 5.96. The van der Waals surface area contributed by atoms with Gasteiger partial charge in [0.1, 0.15) is 0 Å². The van der Waals surface area contributed by atoms with E-state index in [2.05, 4.69) is 10.6 Å². The lowest BCUT2D eigenvalue weighted by molar-refractivity contribution is -0.124. The van der Waals surface area contributed by atoms with Gasteiger partial charge in [-0.25, -0.2) is 4.79 Å². The lowest BCUT2D eigenvalue weighted by Crippen LogP contribution is -2.28. The van der Waals surface area contributed by atoms with Crippen LogP contribution in [0, 0.1) is 0 Å². The molecule has 1 heterocycles. The summed E-state index contributed by atoms with van der Waals surface area (Å²) < 4.78 is 5.05. The highest BCUT2D eigenvalue weighted by atomic mass is 16.5. The molecule has 1 aliphatic rings. The average Bonchev–Trinajstić information content (AvgIpc) is 2.64. The number of aryl methyl sites for hydroxylation is 1. The number of hydrogen-bond acceptors (Lipinski definition) is 4. The van der Waals surface area contributed by atoms with E-state index in [1.807, 2.05) is 30.3 Å². The van der Waals surface area contributed by atoms with Gasteiger partial charge in [-0.2, -0.15) is 0 Å².